The van der Waals surface area contributed by atoms with E-state index < -0.39 is 0 Å². The van der Waals surface area contributed by atoms with E-state index in [1.54, 1.807) is 6.08 Å². The van der Waals surface area contributed by atoms with Gasteiger partial charge in [-0.05, 0) is 33.0 Å². The molecule has 0 saturated carbocycles. The topological polar surface area (TPSA) is 20.3 Å². The Morgan fingerprint density at radius 3 is 2.43 bits per heavy atom. The molecule has 0 aromatic heterocycles. The first-order chi connectivity index (χ1) is 6.61. The Bertz CT molecular complexity index is 185. The van der Waals surface area contributed by atoms with Crippen molar-refractivity contribution in [1.82, 2.24) is 4.90 Å². The van der Waals surface area contributed by atoms with Crippen molar-refractivity contribution < 1.29 is 4.79 Å². The van der Waals surface area contributed by atoms with Crippen LogP contribution < -0.4 is 0 Å². The molecule has 82 valence electrons. The number of carbonyl (C=O) groups is 1. The van der Waals surface area contributed by atoms with Crippen LogP contribution in [0.5, 0.6) is 0 Å². The summed E-state index contributed by atoms with van der Waals surface area (Å²) in [6, 6.07) is 0. The summed E-state index contributed by atoms with van der Waals surface area (Å²) in [5.41, 5.74) is 0. The molecular formula is C12H23NO. The van der Waals surface area contributed by atoms with Crippen LogP contribution in [0.2, 0.25) is 0 Å². The number of nitrogens with zero attached hydrogens (tertiary/aromatic N) is 1. The summed E-state index contributed by atoms with van der Waals surface area (Å²) >= 11 is 0. The molecule has 0 N–H and O–H groups in total. The highest BCUT2D eigenvalue weighted by atomic mass is 16.1. The van der Waals surface area contributed by atoms with Gasteiger partial charge >= 0.3 is 0 Å². The largest absolute Gasteiger partial charge is 0.306 e. The summed E-state index contributed by atoms with van der Waals surface area (Å²) in [5.74, 6) is 0.523. The molecule has 2 heteroatoms. The van der Waals surface area contributed by atoms with Crippen molar-refractivity contribution in [3.8, 4) is 0 Å². The van der Waals surface area contributed by atoms with Crippen LogP contribution in [-0.4, -0.2) is 31.3 Å². The Labute approximate surface area is 88.0 Å². The highest BCUT2D eigenvalue weighted by Crippen LogP contribution is 2.12. The third-order valence-corrected chi connectivity index (χ3v) is 2.28. The third kappa shape index (κ3) is 5.92. The number of carbonyl (C=O) groups excluding carboxylic acids is 1. The van der Waals surface area contributed by atoms with Crippen molar-refractivity contribution in [1.29, 1.82) is 0 Å². The van der Waals surface area contributed by atoms with Crippen molar-refractivity contribution in [2.24, 2.45) is 5.92 Å². The molecule has 0 spiro atoms. The van der Waals surface area contributed by atoms with Crippen LogP contribution in [0.25, 0.3) is 0 Å². The number of allylic oxidation sites excluding steroid dienone is 1. The second-order valence-electron chi connectivity index (χ2n) is 3.96. The summed E-state index contributed by atoms with van der Waals surface area (Å²) in [5, 5.41) is 0. The lowest BCUT2D eigenvalue weighted by Gasteiger charge is -2.09. The van der Waals surface area contributed by atoms with E-state index in [1.165, 1.54) is 0 Å². The second-order valence-corrected chi connectivity index (χ2v) is 3.96. The first-order valence-corrected chi connectivity index (χ1v) is 5.46. The quantitative estimate of drug-likeness (QED) is 0.584. The molecule has 0 rings (SSSR count). The van der Waals surface area contributed by atoms with E-state index in [9.17, 15) is 4.79 Å². The maximum atomic E-state index is 11.6. The van der Waals surface area contributed by atoms with Gasteiger partial charge in [-0.1, -0.05) is 26.3 Å². The monoisotopic (exact) mass is 197 g/mol. The second kappa shape index (κ2) is 7.74. The number of hydrogen-bond acceptors (Lipinski definition) is 2. The van der Waals surface area contributed by atoms with Crippen LogP contribution in [0.15, 0.2) is 12.2 Å². The van der Waals surface area contributed by atoms with Crippen LogP contribution in [0, 0.1) is 5.92 Å². The normalized spacial score (nSPS) is 13.8. The molecule has 14 heavy (non-hydrogen) atoms. The lowest BCUT2D eigenvalue weighted by molar-refractivity contribution is -0.118. The van der Waals surface area contributed by atoms with Gasteiger partial charge in [0.25, 0.3) is 0 Å². The standard InChI is InChI=1S/C12H23NO/c1-5-8-11(6-2)12(14)9-7-10-13(3)4/h7,9,11H,5-6,8,10H2,1-4H3/b9-7+. The van der Waals surface area contributed by atoms with Gasteiger partial charge in [-0.15, -0.1) is 0 Å². The van der Waals surface area contributed by atoms with Crippen LogP contribution >= 0.6 is 0 Å². The van der Waals surface area contributed by atoms with Gasteiger partial charge in [-0.3, -0.25) is 4.79 Å². The summed E-state index contributed by atoms with van der Waals surface area (Å²) in [7, 11) is 4.00. The molecule has 0 amide bonds. The van der Waals surface area contributed by atoms with E-state index in [0.717, 1.165) is 25.8 Å². The van der Waals surface area contributed by atoms with Gasteiger partial charge in [0.05, 0.1) is 0 Å². The van der Waals surface area contributed by atoms with Crippen LogP contribution in [0.1, 0.15) is 33.1 Å². The fourth-order valence-electron chi connectivity index (χ4n) is 1.41. The zero-order valence-corrected chi connectivity index (χ0v) is 9.92. The minimum Gasteiger partial charge on any atom is -0.306 e. The maximum Gasteiger partial charge on any atom is 0.158 e. The lowest BCUT2D eigenvalue weighted by Crippen LogP contribution is -2.13. The summed E-state index contributed by atoms with van der Waals surface area (Å²) in [4.78, 5) is 13.7. The Kier molecular flexibility index (Phi) is 7.40. The fourth-order valence-corrected chi connectivity index (χ4v) is 1.41. The molecule has 0 heterocycles. The van der Waals surface area contributed by atoms with Crippen molar-refractivity contribution in [2.45, 2.75) is 33.1 Å². The predicted octanol–water partition coefficient (Wildman–Crippen LogP) is 2.50. The van der Waals surface area contributed by atoms with E-state index >= 15 is 0 Å². The number of ketones is 1. The first-order valence-electron chi connectivity index (χ1n) is 5.46. The van der Waals surface area contributed by atoms with Crippen molar-refractivity contribution in [3.63, 3.8) is 0 Å². The van der Waals surface area contributed by atoms with E-state index in [2.05, 4.69) is 13.8 Å². The molecule has 1 atom stereocenters. The molecule has 0 aliphatic carbocycles. The first kappa shape index (κ1) is 13.4. The van der Waals surface area contributed by atoms with Gasteiger partial charge in [-0.2, -0.15) is 0 Å². The fraction of sp³-hybridized carbons (Fsp3) is 0.750. The third-order valence-electron chi connectivity index (χ3n) is 2.28. The van der Waals surface area contributed by atoms with Crippen molar-refractivity contribution in [2.75, 3.05) is 20.6 Å². The Morgan fingerprint density at radius 2 is 2.00 bits per heavy atom. The van der Waals surface area contributed by atoms with E-state index in [1.807, 2.05) is 25.1 Å². The zero-order chi connectivity index (χ0) is 11.0. The Balaban J connectivity index is 3.96. The Morgan fingerprint density at radius 1 is 1.36 bits per heavy atom. The number of likely N-dealkylation sites (N-methyl/N-ethyl adjacent to an activating group) is 1. The molecule has 0 aliphatic rings. The summed E-state index contributed by atoms with van der Waals surface area (Å²) < 4.78 is 0. The number of rotatable bonds is 7. The SMILES string of the molecule is CCCC(CC)C(=O)/C=C/CN(C)C. The summed E-state index contributed by atoms with van der Waals surface area (Å²) in [6.07, 6.45) is 6.75. The highest BCUT2D eigenvalue weighted by Gasteiger charge is 2.11. The van der Waals surface area contributed by atoms with Crippen LogP contribution in [-0.2, 0) is 4.79 Å². The molecule has 2 nitrogen and oxygen atoms in total. The smallest absolute Gasteiger partial charge is 0.158 e. The van der Waals surface area contributed by atoms with Gasteiger partial charge in [0.15, 0.2) is 5.78 Å². The molecule has 0 aromatic rings. The van der Waals surface area contributed by atoms with Gasteiger partial charge in [0.2, 0.25) is 0 Å². The Hall–Kier alpha value is -0.630. The molecule has 0 fully saturated rings. The van der Waals surface area contributed by atoms with E-state index in [-0.39, 0.29) is 11.7 Å². The average Bonchev–Trinajstić information content (AvgIpc) is 2.13. The molecule has 0 aliphatic heterocycles. The predicted molar refractivity (Wildman–Crippen MR) is 61.4 cm³/mol. The van der Waals surface area contributed by atoms with Gasteiger partial charge in [0, 0.05) is 12.5 Å². The average molecular weight is 197 g/mol. The molecule has 0 bridgehead atoms. The molecule has 1 unspecified atom stereocenters. The maximum absolute atomic E-state index is 11.6. The molecule has 0 radical (unpaired) electrons. The van der Waals surface area contributed by atoms with Gasteiger partial charge < -0.3 is 4.90 Å². The molecule has 0 saturated heterocycles. The number of hydrogen-bond donors (Lipinski definition) is 0. The minimum absolute atomic E-state index is 0.235. The molecule has 0 aromatic carbocycles. The van der Waals surface area contributed by atoms with Crippen LogP contribution in [0.4, 0.5) is 0 Å². The summed E-state index contributed by atoms with van der Waals surface area (Å²) in [6.45, 7) is 5.05. The van der Waals surface area contributed by atoms with E-state index in [4.69, 9.17) is 0 Å². The van der Waals surface area contributed by atoms with Gasteiger partial charge in [0.1, 0.15) is 0 Å². The molecular weight excluding hydrogens is 174 g/mol. The highest BCUT2D eigenvalue weighted by molar-refractivity contribution is 5.91. The minimum atomic E-state index is 0.235. The zero-order valence-electron chi connectivity index (χ0n) is 9.92. The van der Waals surface area contributed by atoms with Crippen molar-refractivity contribution >= 4 is 5.78 Å². The van der Waals surface area contributed by atoms with E-state index in [0.29, 0.717) is 0 Å². The van der Waals surface area contributed by atoms with Gasteiger partial charge in [-0.25, -0.2) is 0 Å². The van der Waals surface area contributed by atoms with Crippen molar-refractivity contribution in [3.05, 3.63) is 12.2 Å². The van der Waals surface area contributed by atoms with Crippen LogP contribution in [0.3, 0.4) is 0 Å². The lowest BCUT2D eigenvalue weighted by atomic mass is 9.95.